The molecular weight excluding hydrogens is 390 g/mol. The summed E-state index contributed by atoms with van der Waals surface area (Å²) in [6, 6.07) is 14.8. The van der Waals surface area contributed by atoms with Crippen LogP contribution in [0.1, 0.15) is 53.2 Å². The Morgan fingerprint density at radius 3 is 2.39 bits per heavy atom. The molecule has 0 aliphatic heterocycles. The van der Waals surface area contributed by atoms with Gasteiger partial charge in [0.25, 0.3) is 5.91 Å². The van der Waals surface area contributed by atoms with Gasteiger partial charge >= 0.3 is 0 Å². The molecule has 166 valence electrons. The minimum atomic E-state index is -1.42. The molecule has 2 aromatic rings. The quantitative estimate of drug-likeness (QED) is 0.484. The van der Waals surface area contributed by atoms with Crippen molar-refractivity contribution in [2.45, 2.75) is 44.9 Å². The number of hydrogen-bond acceptors (Lipinski definition) is 4. The fraction of sp³-hybridized carbons (Fsp3) is 0.360. The Morgan fingerprint density at radius 1 is 1.10 bits per heavy atom. The monoisotopic (exact) mass is 423 g/mol. The van der Waals surface area contributed by atoms with Gasteiger partial charge in [0.15, 0.2) is 6.10 Å². The third-order valence-electron chi connectivity index (χ3n) is 5.00. The molecule has 2 unspecified atom stereocenters. The van der Waals surface area contributed by atoms with Crippen molar-refractivity contribution in [2.24, 2.45) is 5.73 Å². The molecular formula is C25H33N3O3. The van der Waals surface area contributed by atoms with E-state index >= 15 is 0 Å². The van der Waals surface area contributed by atoms with Gasteiger partial charge in [0.1, 0.15) is 0 Å². The number of nitrogens with two attached hydrogens (primary N) is 1. The minimum Gasteiger partial charge on any atom is -0.381 e. The number of carbonyl (C=O) groups is 2. The van der Waals surface area contributed by atoms with Crippen molar-refractivity contribution in [2.75, 3.05) is 14.1 Å². The van der Waals surface area contributed by atoms with Crippen molar-refractivity contribution < 1.29 is 14.7 Å². The number of rotatable bonds is 11. The number of primary amides is 1. The van der Waals surface area contributed by atoms with Crippen LogP contribution in [-0.4, -0.2) is 48.1 Å². The van der Waals surface area contributed by atoms with E-state index in [9.17, 15) is 14.7 Å². The third kappa shape index (κ3) is 7.66. The van der Waals surface area contributed by atoms with Crippen molar-refractivity contribution in [3.8, 4) is 0 Å². The Hall–Kier alpha value is -2.96. The average Bonchev–Trinajstić information content (AvgIpc) is 2.75. The van der Waals surface area contributed by atoms with Gasteiger partial charge in [0, 0.05) is 12.1 Å². The Kier molecular flexibility index (Phi) is 9.43. The smallest absolute Gasteiger partial charge is 0.252 e. The first-order chi connectivity index (χ1) is 14.8. The van der Waals surface area contributed by atoms with Gasteiger partial charge in [0.2, 0.25) is 5.91 Å². The van der Waals surface area contributed by atoms with E-state index in [1.165, 1.54) is 5.56 Å². The molecule has 2 aromatic carbocycles. The molecule has 6 nitrogen and oxygen atoms in total. The van der Waals surface area contributed by atoms with Crippen LogP contribution in [0.25, 0.3) is 12.2 Å². The Labute approximate surface area is 184 Å². The van der Waals surface area contributed by atoms with E-state index in [0.717, 1.165) is 30.5 Å². The van der Waals surface area contributed by atoms with E-state index in [4.69, 9.17) is 5.73 Å². The van der Waals surface area contributed by atoms with E-state index < -0.39 is 18.1 Å². The lowest BCUT2D eigenvalue weighted by molar-refractivity contribution is -0.127. The SMILES string of the molecule is CCCCC(NC(=O)c1ccccc1/C=C/c1ccc(CN(C)C)cc1)C(O)C(N)=O. The molecule has 2 atom stereocenters. The van der Waals surface area contributed by atoms with Crippen LogP contribution >= 0.6 is 0 Å². The molecule has 0 saturated carbocycles. The highest BCUT2D eigenvalue weighted by Gasteiger charge is 2.26. The number of aliphatic hydroxyl groups is 1. The lowest BCUT2D eigenvalue weighted by Gasteiger charge is -2.22. The molecule has 31 heavy (non-hydrogen) atoms. The fourth-order valence-electron chi connectivity index (χ4n) is 3.31. The van der Waals surface area contributed by atoms with Crippen LogP contribution in [0.15, 0.2) is 48.5 Å². The molecule has 0 aliphatic rings. The normalized spacial score (nSPS) is 13.3. The summed E-state index contributed by atoms with van der Waals surface area (Å²) in [6.07, 6.45) is 4.55. The van der Waals surface area contributed by atoms with E-state index in [1.54, 1.807) is 12.1 Å². The maximum Gasteiger partial charge on any atom is 0.252 e. The van der Waals surface area contributed by atoms with Crippen LogP contribution < -0.4 is 11.1 Å². The first-order valence-corrected chi connectivity index (χ1v) is 10.6. The van der Waals surface area contributed by atoms with Gasteiger partial charge in [-0.15, -0.1) is 0 Å². The van der Waals surface area contributed by atoms with Gasteiger partial charge in [-0.25, -0.2) is 0 Å². The lowest BCUT2D eigenvalue weighted by atomic mass is 10.0. The second kappa shape index (κ2) is 12.0. The van der Waals surface area contributed by atoms with Crippen molar-refractivity contribution in [3.05, 3.63) is 70.8 Å². The number of nitrogens with zero attached hydrogens (tertiary/aromatic N) is 1. The van der Waals surface area contributed by atoms with Crippen LogP contribution in [0.5, 0.6) is 0 Å². The number of unbranched alkanes of at least 4 members (excludes halogenated alkanes) is 1. The number of aliphatic hydroxyl groups excluding tert-OH is 1. The summed E-state index contributed by atoms with van der Waals surface area (Å²) in [4.78, 5) is 26.5. The zero-order valence-electron chi connectivity index (χ0n) is 18.5. The number of benzene rings is 2. The Balaban J connectivity index is 2.17. The molecule has 0 fully saturated rings. The average molecular weight is 424 g/mol. The first kappa shape index (κ1) is 24.3. The van der Waals surface area contributed by atoms with Gasteiger partial charge < -0.3 is 21.1 Å². The number of amides is 2. The number of hydrogen-bond donors (Lipinski definition) is 3. The van der Waals surface area contributed by atoms with E-state index in [-0.39, 0.29) is 5.91 Å². The van der Waals surface area contributed by atoms with Crippen LogP contribution in [0.3, 0.4) is 0 Å². The van der Waals surface area contributed by atoms with Crippen LogP contribution in [0.2, 0.25) is 0 Å². The van der Waals surface area contributed by atoms with Gasteiger partial charge in [-0.05, 0) is 43.3 Å². The topological polar surface area (TPSA) is 95.7 Å². The summed E-state index contributed by atoms with van der Waals surface area (Å²) >= 11 is 0. The maximum absolute atomic E-state index is 12.9. The zero-order valence-corrected chi connectivity index (χ0v) is 18.5. The van der Waals surface area contributed by atoms with Gasteiger partial charge in [0.05, 0.1) is 6.04 Å². The predicted molar refractivity (Wildman–Crippen MR) is 125 cm³/mol. The second-order valence-electron chi connectivity index (χ2n) is 7.97. The molecule has 0 radical (unpaired) electrons. The highest BCUT2D eigenvalue weighted by atomic mass is 16.3. The summed E-state index contributed by atoms with van der Waals surface area (Å²) in [7, 11) is 4.07. The van der Waals surface area contributed by atoms with Crippen molar-refractivity contribution in [3.63, 3.8) is 0 Å². The summed E-state index contributed by atoms with van der Waals surface area (Å²) in [5.74, 6) is -1.18. The summed E-state index contributed by atoms with van der Waals surface area (Å²) in [6.45, 7) is 2.88. The third-order valence-corrected chi connectivity index (χ3v) is 5.00. The highest BCUT2D eigenvalue weighted by molar-refractivity contribution is 5.99. The largest absolute Gasteiger partial charge is 0.381 e. The molecule has 2 rings (SSSR count). The van der Waals surface area contributed by atoms with Crippen molar-refractivity contribution in [1.82, 2.24) is 10.2 Å². The van der Waals surface area contributed by atoms with Crippen molar-refractivity contribution in [1.29, 1.82) is 0 Å². The van der Waals surface area contributed by atoms with Gasteiger partial charge in [-0.3, -0.25) is 9.59 Å². The summed E-state index contributed by atoms with van der Waals surface area (Å²) in [5.41, 5.74) is 8.73. The predicted octanol–water partition coefficient (Wildman–Crippen LogP) is 3.05. The van der Waals surface area contributed by atoms with Crippen LogP contribution in [-0.2, 0) is 11.3 Å². The van der Waals surface area contributed by atoms with Crippen LogP contribution in [0, 0.1) is 0 Å². The summed E-state index contributed by atoms with van der Waals surface area (Å²) in [5, 5.41) is 12.9. The standard InChI is InChI=1S/C25H33N3O3/c1-4-5-10-22(23(29)24(26)30)27-25(31)21-9-7-6-8-20(21)16-15-18-11-13-19(14-12-18)17-28(2)3/h6-9,11-16,22-23,29H,4-5,10,17H2,1-3H3,(H2,26,30)(H,27,31)/b16-15+. The molecule has 0 saturated heterocycles. The molecule has 0 heterocycles. The van der Waals surface area contributed by atoms with E-state index in [0.29, 0.717) is 12.0 Å². The second-order valence-corrected chi connectivity index (χ2v) is 7.97. The molecule has 0 spiro atoms. The molecule has 4 N–H and O–H groups in total. The highest BCUT2D eigenvalue weighted by Crippen LogP contribution is 2.16. The fourth-order valence-corrected chi connectivity index (χ4v) is 3.31. The first-order valence-electron chi connectivity index (χ1n) is 10.6. The van der Waals surface area contributed by atoms with E-state index in [2.05, 4.69) is 22.3 Å². The Morgan fingerprint density at radius 2 is 1.77 bits per heavy atom. The van der Waals surface area contributed by atoms with Gasteiger partial charge in [-0.1, -0.05) is 74.4 Å². The van der Waals surface area contributed by atoms with Crippen LogP contribution in [0.4, 0.5) is 0 Å². The van der Waals surface area contributed by atoms with Gasteiger partial charge in [-0.2, -0.15) is 0 Å². The molecule has 0 bridgehead atoms. The maximum atomic E-state index is 12.9. The van der Waals surface area contributed by atoms with E-state index in [1.807, 2.05) is 57.4 Å². The molecule has 6 heteroatoms. The minimum absolute atomic E-state index is 0.344. The summed E-state index contributed by atoms with van der Waals surface area (Å²) < 4.78 is 0. The van der Waals surface area contributed by atoms with Crippen molar-refractivity contribution >= 4 is 24.0 Å². The number of nitrogens with one attached hydrogen (secondary N) is 1. The molecule has 2 amide bonds. The lowest BCUT2D eigenvalue weighted by Crippen LogP contribution is -2.49. The Bertz CT molecular complexity index is 891. The number of carbonyl (C=O) groups excluding carboxylic acids is 2. The molecule has 0 aromatic heterocycles. The zero-order chi connectivity index (χ0) is 22.8. The molecule has 0 aliphatic carbocycles.